The number of nitrogens with one attached hydrogen (secondary N) is 1. The Bertz CT molecular complexity index is 2090. The Labute approximate surface area is 341 Å². The molecule has 2 aliphatic carbocycles. The van der Waals surface area contributed by atoms with Crippen molar-refractivity contribution in [1.82, 2.24) is 14.6 Å². The minimum absolute atomic E-state index is 0.0189. The number of ether oxygens (including phenoxy) is 3. The van der Waals surface area contributed by atoms with Crippen molar-refractivity contribution < 1.29 is 59.4 Å². The predicted molar refractivity (Wildman–Crippen MR) is 208 cm³/mol. The number of allylic oxidation sites excluding steroid dienone is 2. The number of nitrogens with zero attached hydrogens (tertiary/aromatic N) is 2. The number of sulfonamides is 1. The zero-order valence-electron chi connectivity index (χ0n) is 34.0. The van der Waals surface area contributed by atoms with Gasteiger partial charge in [-0.15, -0.1) is 0 Å². The van der Waals surface area contributed by atoms with E-state index in [-0.39, 0.29) is 49.9 Å². The largest absolute Gasteiger partial charge is 0.478 e. The van der Waals surface area contributed by atoms with Crippen molar-refractivity contribution in [3.05, 3.63) is 42.5 Å². The number of esters is 1. The maximum Gasteiger partial charge on any atom is 0.427 e. The molecule has 0 unspecified atom stereocenters. The SMILES string of the molecule is CCOc1cc2ccccc2c(O[C@@H]2C[C@H]3C(=O)C[C@]4(C(=O)NS(=O)(=O)C5(CF)CC5)C[C@H]4/C=C\CC[C@H](C)C[C@@H](C)[C@H](CC(=O)OC(C)(C)C(F)(F)F)C(=O)N3C2)n1. The molecule has 2 saturated carbocycles. The van der Waals surface area contributed by atoms with Crippen LogP contribution in [-0.4, -0.2) is 90.4 Å². The molecule has 2 aromatic rings. The van der Waals surface area contributed by atoms with Gasteiger partial charge in [0.15, 0.2) is 5.78 Å². The quantitative estimate of drug-likeness (QED) is 0.145. The van der Waals surface area contributed by atoms with Crippen molar-refractivity contribution >= 4 is 44.4 Å². The van der Waals surface area contributed by atoms with E-state index in [0.29, 0.717) is 31.3 Å². The lowest BCUT2D eigenvalue weighted by molar-refractivity contribution is -0.257. The van der Waals surface area contributed by atoms with E-state index in [0.717, 1.165) is 19.2 Å². The van der Waals surface area contributed by atoms with Crippen LogP contribution in [0.15, 0.2) is 42.5 Å². The van der Waals surface area contributed by atoms with Crippen LogP contribution in [-0.2, 0) is 33.9 Å². The minimum Gasteiger partial charge on any atom is -0.478 e. The van der Waals surface area contributed by atoms with E-state index in [2.05, 4.69) is 9.71 Å². The molecule has 0 spiro atoms. The summed E-state index contributed by atoms with van der Waals surface area (Å²) in [5.74, 6) is -5.23. The van der Waals surface area contributed by atoms with Crippen molar-refractivity contribution in [2.24, 2.45) is 29.1 Å². The highest BCUT2D eigenvalue weighted by molar-refractivity contribution is 7.91. The number of halogens is 4. The van der Waals surface area contributed by atoms with Gasteiger partial charge in [-0.1, -0.05) is 44.2 Å². The fourth-order valence-corrected chi connectivity index (χ4v) is 9.86. The van der Waals surface area contributed by atoms with E-state index < -0.39 is 105 Å². The molecule has 59 heavy (non-hydrogen) atoms. The summed E-state index contributed by atoms with van der Waals surface area (Å²) in [7, 11) is -4.42. The highest BCUT2D eigenvalue weighted by Crippen LogP contribution is 2.58. The number of ketones is 1. The number of hydrogen-bond donors (Lipinski definition) is 1. The van der Waals surface area contributed by atoms with E-state index in [4.69, 9.17) is 14.2 Å². The summed E-state index contributed by atoms with van der Waals surface area (Å²) in [4.78, 5) is 62.6. The van der Waals surface area contributed by atoms with Gasteiger partial charge < -0.3 is 19.1 Å². The van der Waals surface area contributed by atoms with Crippen molar-refractivity contribution in [3.8, 4) is 11.8 Å². The molecular weight excluding hydrogens is 799 g/mol. The Balaban J connectivity index is 1.36. The molecule has 0 radical (unpaired) electrons. The molecule has 2 amide bonds. The summed E-state index contributed by atoms with van der Waals surface area (Å²) in [6.45, 7) is 5.91. The number of aromatic nitrogens is 1. The monoisotopic (exact) mass is 851 g/mol. The first kappa shape index (κ1) is 44.3. The van der Waals surface area contributed by atoms with Gasteiger partial charge in [0.25, 0.3) is 0 Å². The van der Waals surface area contributed by atoms with E-state index >= 15 is 0 Å². The molecule has 1 aromatic heterocycles. The average Bonchev–Trinajstić information content (AvgIpc) is 4.06. The topological polar surface area (TPSA) is 158 Å². The van der Waals surface area contributed by atoms with Crippen LogP contribution >= 0.6 is 0 Å². The number of rotatable bonds is 11. The molecule has 324 valence electrons. The highest BCUT2D eigenvalue weighted by Gasteiger charge is 2.63. The molecule has 3 fully saturated rings. The number of alkyl halides is 4. The summed E-state index contributed by atoms with van der Waals surface area (Å²) < 4.78 is 99.1. The summed E-state index contributed by atoms with van der Waals surface area (Å²) in [6.07, 6.45) is -1.50. The second kappa shape index (κ2) is 16.6. The zero-order valence-corrected chi connectivity index (χ0v) is 34.8. The van der Waals surface area contributed by atoms with Crippen LogP contribution < -0.4 is 14.2 Å². The first-order chi connectivity index (χ1) is 27.7. The first-order valence-electron chi connectivity index (χ1n) is 20.3. The Morgan fingerprint density at radius 2 is 1.80 bits per heavy atom. The second-order valence-corrected chi connectivity index (χ2v) is 19.5. The molecule has 1 aromatic carbocycles. The Morgan fingerprint density at radius 3 is 2.46 bits per heavy atom. The Morgan fingerprint density at radius 1 is 1.08 bits per heavy atom. The normalized spacial score (nSPS) is 29.3. The number of carbonyl (C=O) groups is 4. The Kier molecular flexibility index (Phi) is 12.5. The number of hydrogen-bond acceptors (Lipinski definition) is 10. The molecule has 1 saturated heterocycles. The van der Waals surface area contributed by atoms with E-state index in [1.54, 1.807) is 38.1 Å². The molecule has 0 bridgehead atoms. The van der Waals surface area contributed by atoms with Gasteiger partial charge in [0.1, 0.15) is 17.5 Å². The third-order valence-corrected chi connectivity index (χ3v) is 14.6. The summed E-state index contributed by atoms with van der Waals surface area (Å²) in [6, 6.07) is 7.76. The standard InChI is InChI=1S/C42H53F4N3O9S/c1-6-56-34-18-27-12-8-10-14-30(27)36(47-34)57-29-19-32-33(50)22-41(38(53)48-59(54,55)40(24-43)15-16-40)21-28(41)13-9-7-11-25(2)17-26(3)31(37(52)49(32)23-29)20-35(51)58-39(4,5)42(44,45)46/h8-10,12-14,18,25-26,28-29,31-32H,6-7,11,15-17,19-24H2,1-5H3,(H,48,53)/b13-9-/t25-,26+,28+,29+,31-,32-,41+/m0/s1. The van der Waals surface area contributed by atoms with Crippen LogP contribution in [0.25, 0.3) is 10.8 Å². The fraction of sp³-hybridized carbons (Fsp3) is 0.643. The van der Waals surface area contributed by atoms with Gasteiger partial charge in [-0.25, -0.2) is 12.8 Å². The van der Waals surface area contributed by atoms with Crippen LogP contribution in [0.4, 0.5) is 17.6 Å². The summed E-state index contributed by atoms with van der Waals surface area (Å²) >= 11 is 0. The van der Waals surface area contributed by atoms with Crippen LogP contribution in [0.1, 0.15) is 92.4 Å². The second-order valence-electron chi connectivity index (χ2n) is 17.4. The molecule has 2 aliphatic heterocycles. The lowest BCUT2D eigenvalue weighted by Gasteiger charge is -2.33. The first-order valence-corrected chi connectivity index (χ1v) is 21.7. The van der Waals surface area contributed by atoms with Crippen LogP contribution in [0, 0.1) is 29.1 Å². The number of benzene rings is 1. The van der Waals surface area contributed by atoms with Gasteiger partial charge in [-0.3, -0.25) is 23.9 Å². The molecule has 7 atom stereocenters. The van der Waals surface area contributed by atoms with Crippen molar-refractivity contribution in [2.75, 3.05) is 19.8 Å². The fourth-order valence-electron chi connectivity index (χ4n) is 8.42. The van der Waals surface area contributed by atoms with E-state index in [1.807, 2.05) is 25.1 Å². The van der Waals surface area contributed by atoms with Gasteiger partial charge in [-0.2, -0.15) is 18.2 Å². The van der Waals surface area contributed by atoms with Gasteiger partial charge in [0.05, 0.1) is 36.9 Å². The van der Waals surface area contributed by atoms with Gasteiger partial charge >= 0.3 is 12.1 Å². The molecular formula is C42H53F4N3O9S. The van der Waals surface area contributed by atoms with Crippen molar-refractivity contribution in [3.63, 3.8) is 0 Å². The van der Waals surface area contributed by atoms with Crippen LogP contribution in [0.5, 0.6) is 11.8 Å². The third kappa shape index (κ3) is 9.24. The number of carbonyl (C=O) groups excluding carboxylic acids is 4. The highest BCUT2D eigenvalue weighted by atomic mass is 32.2. The van der Waals surface area contributed by atoms with Crippen LogP contribution in [0.2, 0.25) is 0 Å². The van der Waals surface area contributed by atoms with Gasteiger partial charge in [-0.05, 0) is 88.5 Å². The molecule has 4 aliphatic rings. The maximum absolute atomic E-state index is 14.9. The number of amides is 2. The third-order valence-electron chi connectivity index (χ3n) is 12.5. The summed E-state index contributed by atoms with van der Waals surface area (Å²) in [5, 5.41) is 1.38. The smallest absolute Gasteiger partial charge is 0.427 e. The number of Topliss-reactive ketones (excluding diaryl/α,β-unsaturated/α-hetero) is 1. The van der Waals surface area contributed by atoms with Gasteiger partial charge in [0, 0.05) is 24.3 Å². The molecule has 17 heteroatoms. The molecule has 6 rings (SSSR count). The van der Waals surface area contributed by atoms with E-state index in [9.17, 15) is 45.2 Å². The summed E-state index contributed by atoms with van der Waals surface area (Å²) in [5.41, 5.74) is -4.34. The van der Waals surface area contributed by atoms with Crippen molar-refractivity contribution in [1.29, 1.82) is 0 Å². The lowest BCUT2D eigenvalue weighted by Crippen LogP contribution is -2.49. The lowest BCUT2D eigenvalue weighted by atomic mass is 9.82. The van der Waals surface area contributed by atoms with Gasteiger partial charge in [0.2, 0.25) is 39.2 Å². The van der Waals surface area contributed by atoms with E-state index in [1.165, 1.54) is 4.90 Å². The maximum atomic E-state index is 14.9. The molecule has 1 N–H and O–H groups in total. The average molecular weight is 852 g/mol. The zero-order chi connectivity index (χ0) is 43.1. The number of pyridine rings is 1. The van der Waals surface area contributed by atoms with Crippen LogP contribution in [0.3, 0.4) is 0 Å². The predicted octanol–water partition coefficient (Wildman–Crippen LogP) is 6.80. The molecule has 12 nitrogen and oxygen atoms in total. The Hall–Kier alpha value is -4.28. The minimum atomic E-state index is -4.88. The number of fused-ring (bicyclic) bond motifs is 3. The van der Waals surface area contributed by atoms with Crippen molar-refractivity contribution in [2.45, 2.75) is 121 Å². The molecule has 3 heterocycles.